The van der Waals surface area contributed by atoms with Crippen molar-refractivity contribution in [2.45, 2.75) is 23.1 Å². The van der Waals surface area contributed by atoms with Crippen LogP contribution < -0.4 is 10.6 Å². The second-order valence-corrected chi connectivity index (χ2v) is 8.06. The molecular weight excluding hydrogens is 380 g/mol. The molecule has 0 unspecified atom stereocenters. The normalized spacial score (nSPS) is 11.9. The van der Waals surface area contributed by atoms with Gasteiger partial charge in [0, 0.05) is 10.7 Å². The molecule has 0 fully saturated rings. The lowest BCUT2D eigenvalue weighted by Crippen LogP contribution is -2.22. The second kappa shape index (κ2) is 8.37. The maximum Gasteiger partial charge on any atom is 0.237 e. The molecule has 6 nitrogen and oxygen atoms in total. The van der Waals surface area contributed by atoms with Crippen LogP contribution in [0.5, 0.6) is 0 Å². The molecule has 2 aromatic heterocycles. The quantitative estimate of drug-likeness (QED) is 0.573. The molecule has 1 atom stereocenters. The summed E-state index contributed by atoms with van der Waals surface area (Å²) in [5, 5.41) is 15.2. The fourth-order valence-corrected chi connectivity index (χ4v) is 3.90. The Morgan fingerprint density at radius 1 is 1.32 bits per heavy atom. The number of anilines is 2. The van der Waals surface area contributed by atoms with Crippen molar-refractivity contribution in [3.8, 4) is 0 Å². The number of carbonyl (C=O) groups is 1. The Morgan fingerprint density at radius 2 is 2.12 bits per heavy atom. The molecule has 0 aliphatic rings. The highest BCUT2D eigenvalue weighted by Crippen LogP contribution is 2.29. The van der Waals surface area contributed by atoms with E-state index in [-0.39, 0.29) is 11.2 Å². The van der Waals surface area contributed by atoms with E-state index in [1.165, 1.54) is 23.1 Å². The van der Waals surface area contributed by atoms with Crippen molar-refractivity contribution in [3.05, 3.63) is 53.4 Å². The van der Waals surface area contributed by atoms with Gasteiger partial charge in [0.2, 0.25) is 11.0 Å². The lowest BCUT2D eigenvalue weighted by molar-refractivity contribution is -0.115. The summed E-state index contributed by atoms with van der Waals surface area (Å²) in [5.74, 6) is 0.715. The molecule has 1 amide bonds. The fourth-order valence-electron chi connectivity index (χ4n) is 1.89. The third-order valence-electron chi connectivity index (χ3n) is 3.16. The molecule has 0 radical (unpaired) electrons. The molecule has 9 heteroatoms. The topological polar surface area (TPSA) is 80.1 Å². The van der Waals surface area contributed by atoms with Gasteiger partial charge < -0.3 is 15.1 Å². The molecule has 3 aromatic rings. The first-order valence-electron chi connectivity index (χ1n) is 7.43. The summed E-state index contributed by atoms with van der Waals surface area (Å²) in [6, 6.07) is 10.7. The molecule has 0 spiro atoms. The van der Waals surface area contributed by atoms with Crippen LogP contribution in [0.3, 0.4) is 0 Å². The molecular formula is C16H15ClN4O2S2. The van der Waals surface area contributed by atoms with E-state index in [1.54, 1.807) is 30.5 Å². The summed E-state index contributed by atoms with van der Waals surface area (Å²) in [6.45, 7) is 2.37. The Labute approximate surface area is 158 Å². The zero-order valence-corrected chi connectivity index (χ0v) is 15.6. The molecule has 0 aliphatic carbocycles. The second-order valence-electron chi connectivity index (χ2n) is 5.06. The van der Waals surface area contributed by atoms with Crippen LogP contribution in [-0.4, -0.2) is 21.4 Å². The van der Waals surface area contributed by atoms with Gasteiger partial charge in [-0.15, -0.1) is 10.2 Å². The Hall–Kier alpha value is -2.03. The van der Waals surface area contributed by atoms with Gasteiger partial charge in [0.1, 0.15) is 5.76 Å². The molecule has 1 aromatic carbocycles. The van der Waals surface area contributed by atoms with E-state index in [2.05, 4.69) is 20.8 Å². The van der Waals surface area contributed by atoms with Crippen molar-refractivity contribution < 1.29 is 9.21 Å². The molecule has 0 saturated carbocycles. The Kier molecular flexibility index (Phi) is 5.95. The highest BCUT2D eigenvalue weighted by Gasteiger charge is 2.17. The van der Waals surface area contributed by atoms with Gasteiger partial charge in [-0.05, 0) is 43.3 Å². The predicted molar refractivity (Wildman–Crippen MR) is 101 cm³/mol. The average molecular weight is 395 g/mol. The third-order valence-corrected chi connectivity index (χ3v) is 5.48. The van der Waals surface area contributed by atoms with Gasteiger partial charge in [0.15, 0.2) is 4.34 Å². The fraction of sp³-hybridized carbons (Fsp3) is 0.188. The van der Waals surface area contributed by atoms with Crippen molar-refractivity contribution in [2.24, 2.45) is 0 Å². The molecule has 3 rings (SSSR count). The first kappa shape index (κ1) is 17.8. The SMILES string of the molecule is C[C@H](Sc1nnc(NCc2ccco2)s1)C(=O)Nc1ccc(Cl)cc1. The summed E-state index contributed by atoms with van der Waals surface area (Å²) < 4.78 is 5.97. The van der Waals surface area contributed by atoms with Crippen LogP contribution in [0.2, 0.25) is 5.02 Å². The Bertz CT molecular complexity index is 821. The van der Waals surface area contributed by atoms with Crippen molar-refractivity contribution in [1.82, 2.24) is 10.2 Å². The molecule has 2 heterocycles. The summed E-state index contributed by atoms with van der Waals surface area (Å²) in [6.07, 6.45) is 1.62. The number of halogens is 1. The van der Waals surface area contributed by atoms with Crippen LogP contribution in [0.25, 0.3) is 0 Å². The maximum atomic E-state index is 12.3. The zero-order valence-electron chi connectivity index (χ0n) is 13.2. The van der Waals surface area contributed by atoms with E-state index in [0.717, 1.165) is 10.1 Å². The number of furan rings is 1. The van der Waals surface area contributed by atoms with Gasteiger partial charge in [0.05, 0.1) is 18.1 Å². The van der Waals surface area contributed by atoms with E-state index in [1.807, 2.05) is 19.1 Å². The van der Waals surface area contributed by atoms with Crippen LogP contribution >= 0.6 is 34.7 Å². The van der Waals surface area contributed by atoms with E-state index in [0.29, 0.717) is 22.4 Å². The van der Waals surface area contributed by atoms with Gasteiger partial charge in [0.25, 0.3) is 0 Å². The number of hydrogen-bond acceptors (Lipinski definition) is 7. The molecule has 2 N–H and O–H groups in total. The van der Waals surface area contributed by atoms with E-state index in [9.17, 15) is 4.79 Å². The number of aromatic nitrogens is 2. The van der Waals surface area contributed by atoms with Crippen molar-refractivity contribution in [2.75, 3.05) is 10.6 Å². The maximum absolute atomic E-state index is 12.3. The summed E-state index contributed by atoms with van der Waals surface area (Å²) in [4.78, 5) is 12.3. The standard InChI is InChI=1S/C16H15ClN4O2S2/c1-10(14(22)19-12-6-4-11(17)5-7-12)24-16-21-20-15(25-16)18-9-13-3-2-8-23-13/h2-8,10H,9H2,1H3,(H,18,20)(H,19,22)/t10-/m0/s1. The summed E-state index contributed by atoms with van der Waals surface area (Å²) in [7, 11) is 0. The third kappa shape index (κ3) is 5.22. The molecule has 0 saturated heterocycles. The molecule has 0 bridgehead atoms. The highest BCUT2D eigenvalue weighted by molar-refractivity contribution is 8.02. The monoisotopic (exact) mass is 394 g/mol. The Balaban J connectivity index is 1.51. The number of carbonyl (C=O) groups excluding carboxylic acids is 1. The largest absolute Gasteiger partial charge is 0.467 e. The van der Waals surface area contributed by atoms with E-state index in [4.69, 9.17) is 16.0 Å². The van der Waals surface area contributed by atoms with Gasteiger partial charge in [-0.3, -0.25) is 4.79 Å². The summed E-state index contributed by atoms with van der Waals surface area (Å²) in [5.41, 5.74) is 0.708. The Morgan fingerprint density at radius 3 is 2.84 bits per heavy atom. The number of amides is 1. The van der Waals surface area contributed by atoms with Crippen molar-refractivity contribution in [1.29, 1.82) is 0 Å². The highest BCUT2D eigenvalue weighted by atomic mass is 35.5. The number of rotatable bonds is 7. The number of benzene rings is 1. The number of hydrogen-bond donors (Lipinski definition) is 2. The number of nitrogens with zero attached hydrogens (tertiary/aromatic N) is 2. The van der Waals surface area contributed by atoms with Gasteiger partial charge in [-0.25, -0.2) is 0 Å². The van der Waals surface area contributed by atoms with Crippen LogP contribution in [0.4, 0.5) is 10.8 Å². The van der Waals surface area contributed by atoms with Gasteiger partial charge in [-0.2, -0.15) is 0 Å². The number of nitrogens with one attached hydrogen (secondary N) is 2. The lowest BCUT2D eigenvalue weighted by Gasteiger charge is -2.10. The number of thioether (sulfide) groups is 1. The molecule has 25 heavy (non-hydrogen) atoms. The first-order chi connectivity index (χ1) is 12.1. The van der Waals surface area contributed by atoms with Crippen molar-refractivity contribution >= 4 is 51.4 Å². The lowest BCUT2D eigenvalue weighted by atomic mass is 10.3. The minimum Gasteiger partial charge on any atom is -0.467 e. The predicted octanol–water partition coefficient (Wildman–Crippen LogP) is 4.52. The van der Waals surface area contributed by atoms with E-state index >= 15 is 0 Å². The molecule has 0 aliphatic heterocycles. The van der Waals surface area contributed by atoms with Crippen LogP contribution in [0.15, 0.2) is 51.4 Å². The van der Waals surface area contributed by atoms with Gasteiger partial charge >= 0.3 is 0 Å². The first-order valence-corrected chi connectivity index (χ1v) is 9.50. The van der Waals surface area contributed by atoms with Crippen LogP contribution in [0.1, 0.15) is 12.7 Å². The van der Waals surface area contributed by atoms with Crippen LogP contribution in [-0.2, 0) is 11.3 Å². The van der Waals surface area contributed by atoms with E-state index < -0.39 is 0 Å². The minimum atomic E-state index is -0.304. The summed E-state index contributed by atoms with van der Waals surface area (Å²) >= 11 is 8.60. The smallest absolute Gasteiger partial charge is 0.237 e. The average Bonchev–Trinajstić information content (AvgIpc) is 3.26. The van der Waals surface area contributed by atoms with Crippen molar-refractivity contribution in [3.63, 3.8) is 0 Å². The van der Waals surface area contributed by atoms with Crippen LogP contribution in [0, 0.1) is 0 Å². The van der Waals surface area contributed by atoms with Gasteiger partial charge in [-0.1, -0.05) is 34.7 Å². The minimum absolute atomic E-state index is 0.104. The zero-order chi connectivity index (χ0) is 17.6. The molecule has 130 valence electrons.